The van der Waals surface area contributed by atoms with Gasteiger partial charge in [-0.15, -0.1) is 0 Å². The van der Waals surface area contributed by atoms with Gasteiger partial charge in [-0.3, -0.25) is 4.68 Å². The van der Waals surface area contributed by atoms with Crippen molar-refractivity contribution in [2.45, 2.75) is 20.4 Å². The van der Waals surface area contributed by atoms with Gasteiger partial charge in [0, 0.05) is 18.1 Å². The van der Waals surface area contributed by atoms with Gasteiger partial charge in [-0.05, 0) is 31.5 Å². The van der Waals surface area contributed by atoms with Crippen LogP contribution in [-0.4, -0.2) is 9.78 Å². The van der Waals surface area contributed by atoms with Crippen molar-refractivity contribution in [2.24, 2.45) is 7.05 Å². The van der Waals surface area contributed by atoms with Crippen LogP contribution in [-0.2, 0) is 13.6 Å². The molecule has 0 aliphatic heterocycles. The van der Waals surface area contributed by atoms with E-state index in [1.807, 2.05) is 17.8 Å². The van der Waals surface area contributed by atoms with Gasteiger partial charge in [0.2, 0.25) is 0 Å². The van der Waals surface area contributed by atoms with E-state index in [1.54, 1.807) is 0 Å². The molecule has 3 aromatic rings. The number of fused-ring (bicyclic) bond motifs is 1. The van der Waals surface area contributed by atoms with Crippen LogP contribution in [0.15, 0.2) is 42.5 Å². The number of hydrogen-bond acceptors (Lipinski definition) is 2. The van der Waals surface area contributed by atoms with Gasteiger partial charge >= 0.3 is 0 Å². The molecule has 0 radical (unpaired) electrons. The fraction of sp³-hybridized carbons (Fsp3) is 0.235. The van der Waals surface area contributed by atoms with E-state index in [2.05, 4.69) is 60.7 Å². The van der Waals surface area contributed by atoms with Crippen LogP contribution in [0.5, 0.6) is 0 Å². The maximum absolute atomic E-state index is 4.61. The second kappa shape index (κ2) is 5.00. The predicted octanol–water partition coefficient (Wildman–Crippen LogP) is 3.80. The largest absolute Gasteiger partial charge is 0.379 e. The van der Waals surface area contributed by atoms with Crippen molar-refractivity contribution in [3.05, 3.63) is 59.3 Å². The van der Waals surface area contributed by atoms with Gasteiger partial charge in [0.1, 0.15) is 0 Å². The molecule has 0 aliphatic carbocycles. The van der Waals surface area contributed by atoms with Crippen LogP contribution in [0.3, 0.4) is 0 Å². The third-order valence-electron chi connectivity index (χ3n) is 3.66. The number of rotatable bonds is 3. The summed E-state index contributed by atoms with van der Waals surface area (Å²) in [5.74, 6) is 0. The van der Waals surface area contributed by atoms with Gasteiger partial charge in [-0.2, -0.15) is 5.10 Å². The molecule has 3 nitrogen and oxygen atoms in total. The quantitative estimate of drug-likeness (QED) is 0.780. The molecule has 20 heavy (non-hydrogen) atoms. The van der Waals surface area contributed by atoms with E-state index in [0.29, 0.717) is 0 Å². The highest BCUT2D eigenvalue weighted by atomic mass is 15.3. The van der Waals surface area contributed by atoms with Crippen molar-refractivity contribution in [3.63, 3.8) is 0 Å². The summed E-state index contributed by atoms with van der Waals surface area (Å²) in [4.78, 5) is 0. The number of hydrogen-bond donors (Lipinski definition) is 1. The molecule has 1 N–H and O–H groups in total. The molecular formula is C17H19N3. The van der Waals surface area contributed by atoms with Gasteiger partial charge in [0.25, 0.3) is 0 Å². The van der Waals surface area contributed by atoms with E-state index < -0.39 is 0 Å². The number of anilines is 1. The molecule has 0 saturated heterocycles. The van der Waals surface area contributed by atoms with Crippen molar-refractivity contribution in [2.75, 3.05) is 5.32 Å². The number of nitrogens with one attached hydrogen (secondary N) is 1. The van der Waals surface area contributed by atoms with E-state index >= 15 is 0 Å². The summed E-state index contributed by atoms with van der Waals surface area (Å²) < 4.78 is 1.94. The summed E-state index contributed by atoms with van der Waals surface area (Å²) in [5.41, 5.74) is 5.99. The van der Waals surface area contributed by atoms with Crippen molar-refractivity contribution in [1.82, 2.24) is 9.78 Å². The minimum absolute atomic E-state index is 0.741. The van der Waals surface area contributed by atoms with E-state index in [4.69, 9.17) is 0 Å². The van der Waals surface area contributed by atoms with Crippen LogP contribution in [0.4, 0.5) is 5.69 Å². The molecule has 3 rings (SSSR count). The lowest BCUT2D eigenvalue weighted by atomic mass is 10.1. The summed E-state index contributed by atoms with van der Waals surface area (Å²) >= 11 is 0. The highest BCUT2D eigenvalue weighted by Crippen LogP contribution is 2.20. The van der Waals surface area contributed by atoms with Crippen molar-refractivity contribution >= 4 is 16.6 Å². The van der Waals surface area contributed by atoms with Crippen LogP contribution in [0.1, 0.15) is 16.8 Å². The average Bonchev–Trinajstić information content (AvgIpc) is 2.75. The molecule has 0 atom stereocenters. The third kappa shape index (κ3) is 2.27. The zero-order valence-electron chi connectivity index (χ0n) is 12.1. The summed E-state index contributed by atoms with van der Waals surface area (Å²) in [6, 6.07) is 14.8. The van der Waals surface area contributed by atoms with Crippen LogP contribution >= 0.6 is 0 Å². The highest BCUT2D eigenvalue weighted by molar-refractivity contribution is 5.82. The minimum atomic E-state index is 0.741. The Balaban J connectivity index is 1.87. The fourth-order valence-corrected chi connectivity index (χ4v) is 2.61. The minimum Gasteiger partial charge on any atom is -0.379 e. The Hall–Kier alpha value is -2.29. The summed E-state index contributed by atoms with van der Waals surface area (Å²) in [5, 5.41) is 9.31. The van der Waals surface area contributed by atoms with E-state index in [0.717, 1.165) is 12.2 Å². The molecule has 0 amide bonds. The topological polar surface area (TPSA) is 29.9 Å². The Morgan fingerprint density at radius 2 is 1.90 bits per heavy atom. The normalized spacial score (nSPS) is 10.9. The standard InChI is InChI=1S/C17H19N3/c1-12-8-9-15(13(2)10-12)18-11-16-14-6-4-5-7-17(14)20(3)19-16/h4-10,18H,11H2,1-3H3. The van der Waals surface area contributed by atoms with Crippen molar-refractivity contribution in [3.8, 4) is 0 Å². The molecule has 3 heteroatoms. The Bertz CT molecular complexity index is 756. The first-order valence-corrected chi connectivity index (χ1v) is 6.87. The van der Waals surface area contributed by atoms with Gasteiger partial charge in [-0.25, -0.2) is 0 Å². The fourth-order valence-electron chi connectivity index (χ4n) is 2.61. The van der Waals surface area contributed by atoms with Gasteiger partial charge < -0.3 is 5.32 Å². The SMILES string of the molecule is Cc1ccc(NCc2nn(C)c3ccccc23)c(C)c1. The smallest absolute Gasteiger partial charge is 0.0894 e. The molecule has 0 unspecified atom stereocenters. The Morgan fingerprint density at radius 1 is 1.10 bits per heavy atom. The van der Waals surface area contributed by atoms with Crippen LogP contribution < -0.4 is 5.32 Å². The maximum Gasteiger partial charge on any atom is 0.0894 e. The zero-order chi connectivity index (χ0) is 14.1. The molecular weight excluding hydrogens is 246 g/mol. The lowest BCUT2D eigenvalue weighted by Crippen LogP contribution is -2.03. The van der Waals surface area contributed by atoms with Gasteiger partial charge in [0.05, 0.1) is 17.8 Å². The first-order valence-electron chi connectivity index (χ1n) is 6.87. The molecule has 0 spiro atoms. The lowest BCUT2D eigenvalue weighted by Gasteiger charge is -2.09. The molecule has 102 valence electrons. The Morgan fingerprint density at radius 3 is 2.70 bits per heavy atom. The van der Waals surface area contributed by atoms with E-state index in [-0.39, 0.29) is 0 Å². The third-order valence-corrected chi connectivity index (χ3v) is 3.66. The monoisotopic (exact) mass is 265 g/mol. The lowest BCUT2D eigenvalue weighted by molar-refractivity contribution is 0.771. The molecule has 0 bridgehead atoms. The maximum atomic E-state index is 4.61. The van der Waals surface area contributed by atoms with Crippen molar-refractivity contribution < 1.29 is 0 Å². The highest BCUT2D eigenvalue weighted by Gasteiger charge is 2.07. The number of benzene rings is 2. The van der Waals surface area contributed by atoms with E-state index in [1.165, 1.54) is 27.7 Å². The number of aromatic nitrogens is 2. The van der Waals surface area contributed by atoms with Crippen LogP contribution in [0, 0.1) is 13.8 Å². The summed E-state index contributed by atoms with van der Waals surface area (Å²) in [6.07, 6.45) is 0. The molecule has 0 saturated carbocycles. The summed E-state index contributed by atoms with van der Waals surface area (Å²) in [7, 11) is 1.99. The average molecular weight is 265 g/mol. The summed E-state index contributed by atoms with van der Waals surface area (Å²) in [6.45, 7) is 4.99. The predicted molar refractivity (Wildman–Crippen MR) is 84.0 cm³/mol. The number of aryl methyl sites for hydroxylation is 3. The van der Waals surface area contributed by atoms with Gasteiger partial charge in [0.15, 0.2) is 0 Å². The van der Waals surface area contributed by atoms with E-state index in [9.17, 15) is 0 Å². The van der Waals surface area contributed by atoms with Crippen LogP contribution in [0.2, 0.25) is 0 Å². The first-order chi connectivity index (χ1) is 9.65. The molecule has 0 aliphatic rings. The Labute approximate surface area is 119 Å². The molecule has 0 fully saturated rings. The van der Waals surface area contributed by atoms with Crippen LogP contribution in [0.25, 0.3) is 10.9 Å². The van der Waals surface area contributed by atoms with Gasteiger partial charge in [-0.1, -0.05) is 35.9 Å². The zero-order valence-corrected chi connectivity index (χ0v) is 12.1. The molecule has 2 aromatic carbocycles. The number of para-hydroxylation sites is 1. The molecule has 1 heterocycles. The Kier molecular flexibility index (Phi) is 3.18. The molecule has 1 aromatic heterocycles. The second-order valence-corrected chi connectivity index (χ2v) is 5.26. The second-order valence-electron chi connectivity index (χ2n) is 5.26. The first kappa shape index (κ1) is 12.7. The number of nitrogens with zero attached hydrogens (tertiary/aromatic N) is 2. The van der Waals surface area contributed by atoms with Crippen molar-refractivity contribution in [1.29, 1.82) is 0 Å².